The van der Waals surface area contributed by atoms with Crippen LogP contribution in [-0.2, 0) is 4.74 Å². The van der Waals surface area contributed by atoms with Crippen LogP contribution in [-0.4, -0.2) is 38.9 Å². The molecule has 33 heavy (non-hydrogen) atoms. The van der Waals surface area contributed by atoms with Crippen LogP contribution in [0.15, 0.2) is 54.9 Å². The molecule has 1 saturated carbocycles. The van der Waals surface area contributed by atoms with Gasteiger partial charge in [-0.25, -0.2) is 14.5 Å². The number of ether oxygens (including phenoxy) is 2. The van der Waals surface area contributed by atoms with Crippen LogP contribution in [0, 0.1) is 0 Å². The van der Waals surface area contributed by atoms with Crippen molar-refractivity contribution in [2.45, 2.75) is 51.1 Å². The Hall–Kier alpha value is -3.56. The molecule has 174 valence electrons. The van der Waals surface area contributed by atoms with Crippen molar-refractivity contribution in [3.63, 3.8) is 0 Å². The standard InChI is InChI=1S/C23H23F3N4O3/c1-22(2,3)33-21(31)28-19-12-18(19)14-4-6-15(7-5-14)20-27-13-30(29-20)16-8-10-17(11-9-16)32-23(24,25)26/h4-11,13,18-19H,12H2,1-3H3,(H,28,31). The smallest absolute Gasteiger partial charge is 0.444 e. The molecule has 7 nitrogen and oxygen atoms in total. The van der Waals surface area contributed by atoms with E-state index >= 15 is 0 Å². The summed E-state index contributed by atoms with van der Waals surface area (Å²) in [5.74, 6) is 0.410. The first kappa shape index (κ1) is 22.6. The summed E-state index contributed by atoms with van der Waals surface area (Å²) in [6.07, 6.45) is -2.82. The van der Waals surface area contributed by atoms with E-state index < -0.39 is 18.1 Å². The van der Waals surface area contributed by atoms with Gasteiger partial charge in [0, 0.05) is 17.5 Å². The Morgan fingerprint density at radius 2 is 1.73 bits per heavy atom. The van der Waals surface area contributed by atoms with E-state index in [-0.39, 0.29) is 17.7 Å². The van der Waals surface area contributed by atoms with Gasteiger partial charge in [0.1, 0.15) is 17.7 Å². The first-order valence-corrected chi connectivity index (χ1v) is 10.3. The van der Waals surface area contributed by atoms with Crippen LogP contribution in [0.4, 0.5) is 18.0 Å². The molecule has 0 saturated heterocycles. The van der Waals surface area contributed by atoms with E-state index in [0.717, 1.165) is 17.5 Å². The summed E-state index contributed by atoms with van der Waals surface area (Å²) < 4.78 is 47.5. The molecule has 1 aliphatic carbocycles. The molecule has 10 heteroatoms. The molecule has 2 unspecified atom stereocenters. The van der Waals surface area contributed by atoms with Crippen molar-refractivity contribution in [3.05, 3.63) is 60.4 Å². The number of alkyl halides is 3. The summed E-state index contributed by atoms with van der Waals surface area (Å²) in [5, 5.41) is 7.29. The Morgan fingerprint density at radius 3 is 2.33 bits per heavy atom. The van der Waals surface area contributed by atoms with E-state index in [2.05, 4.69) is 20.1 Å². The Labute approximate surface area is 188 Å². The predicted molar refractivity (Wildman–Crippen MR) is 114 cm³/mol. The number of rotatable bonds is 5. The second-order valence-corrected chi connectivity index (χ2v) is 8.77. The molecular formula is C23H23F3N4O3. The highest BCUT2D eigenvalue weighted by molar-refractivity contribution is 5.69. The number of hydrogen-bond donors (Lipinski definition) is 1. The first-order valence-electron chi connectivity index (χ1n) is 10.3. The Kier molecular flexibility index (Phi) is 5.77. The van der Waals surface area contributed by atoms with E-state index in [4.69, 9.17) is 4.74 Å². The van der Waals surface area contributed by atoms with Crippen molar-refractivity contribution in [2.75, 3.05) is 0 Å². The van der Waals surface area contributed by atoms with Crippen LogP contribution in [0.1, 0.15) is 38.7 Å². The lowest BCUT2D eigenvalue weighted by Gasteiger charge is -2.19. The maximum Gasteiger partial charge on any atom is 0.573 e. The topological polar surface area (TPSA) is 78.3 Å². The van der Waals surface area contributed by atoms with Crippen molar-refractivity contribution in [3.8, 4) is 22.8 Å². The van der Waals surface area contributed by atoms with Crippen molar-refractivity contribution < 1.29 is 27.4 Å². The second-order valence-electron chi connectivity index (χ2n) is 8.77. The summed E-state index contributed by atoms with van der Waals surface area (Å²) in [7, 11) is 0. The van der Waals surface area contributed by atoms with E-state index in [1.165, 1.54) is 35.3 Å². The number of benzene rings is 2. The molecule has 3 aromatic rings. The average Bonchev–Trinajstić information content (AvgIpc) is 3.28. The highest BCUT2D eigenvalue weighted by Gasteiger charge is 2.40. The number of carbonyl (C=O) groups excluding carboxylic acids is 1. The quantitative estimate of drug-likeness (QED) is 0.565. The molecule has 1 aliphatic rings. The average molecular weight is 460 g/mol. The molecule has 0 bridgehead atoms. The number of hydrogen-bond acceptors (Lipinski definition) is 5. The van der Waals surface area contributed by atoms with E-state index in [1.807, 2.05) is 45.0 Å². The maximum absolute atomic E-state index is 12.3. The molecule has 0 spiro atoms. The summed E-state index contributed by atoms with van der Waals surface area (Å²) in [4.78, 5) is 16.2. The third-order valence-electron chi connectivity index (χ3n) is 4.92. The van der Waals surface area contributed by atoms with Gasteiger partial charge in [-0.2, -0.15) is 0 Å². The monoisotopic (exact) mass is 460 g/mol. The van der Waals surface area contributed by atoms with Crippen LogP contribution < -0.4 is 10.1 Å². The van der Waals surface area contributed by atoms with Gasteiger partial charge in [-0.05, 0) is 57.0 Å². The molecule has 1 heterocycles. The number of halogens is 3. The van der Waals surface area contributed by atoms with Gasteiger partial charge >= 0.3 is 12.5 Å². The molecule has 4 rings (SSSR count). The molecule has 1 amide bonds. The van der Waals surface area contributed by atoms with E-state index in [0.29, 0.717) is 11.5 Å². The molecular weight excluding hydrogens is 437 g/mol. The number of nitrogens with one attached hydrogen (secondary N) is 1. The minimum atomic E-state index is -4.74. The van der Waals surface area contributed by atoms with E-state index in [1.54, 1.807) is 0 Å². The lowest BCUT2D eigenvalue weighted by atomic mass is 10.1. The SMILES string of the molecule is CC(C)(C)OC(=O)NC1CC1c1ccc(-c2ncn(-c3ccc(OC(F)(F)F)cc3)n2)cc1. The molecule has 1 N–H and O–H groups in total. The van der Waals surface area contributed by atoms with Gasteiger partial charge in [0.25, 0.3) is 0 Å². The van der Waals surface area contributed by atoms with Crippen molar-refractivity contribution in [2.24, 2.45) is 0 Å². The van der Waals surface area contributed by atoms with Crippen LogP contribution in [0.5, 0.6) is 5.75 Å². The van der Waals surface area contributed by atoms with E-state index in [9.17, 15) is 18.0 Å². The zero-order valence-electron chi connectivity index (χ0n) is 18.3. The Bertz CT molecular complexity index is 1120. The predicted octanol–water partition coefficient (Wildman–Crippen LogP) is 5.21. The van der Waals surface area contributed by atoms with Gasteiger partial charge < -0.3 is 14.8 Å². The van der Waals surface area contributed by atoms with Crippen LogP contribution in [0.25, 0.3) is 17.1 Å². The fraction of sp³-hybridized carbons (Fsp3) is 0.348. The second kappa shape index (κ2) is 8.42. The number of aromatic nitrogens is 3. The molecule has 0 radical (unpaired) electrons. The molecule has 1 aromatic heterocycles. The van der Waals surface area contributed by atoms with Gasteiger partial charge in [-0.3, -0.25) is 0 Å². The fourth-order valence-corrected chi connectivity index (χ4v) is 3.38. The number of alkyl carbamates (subject to hydrolysis) is 1. The highest BCUT2D eigenvalue weighted by atomic mass is 19.4. The summed E-state index contributed by atoms with van der Waals surface area (Å²) >= 11 is 0. The van der Waals surface area contributed by atoms with Crippen molar-refractivity contribution in [1.82, 2.24) is 20.1 Å². The molecule has 0 aliphatic heterocycles. The minimum Gasteiger partial charge on any atom is -0.444 e. The van der Waals surface area contributed by atoms with Gasteiger partial charge in [-0.1, -0.05) is 24.3 Å². The number of carbonyl (C=O) groups is 1. The van der Waals surface area contributed by atoms with Crippen molar-refractivity contribution in [1.29, 1.82) is 0 Å². The normalized spacial score (nSPS) is 18.0. The zero-order valence-corrected chi connectivity index (χ0v) is 18.3. The third-order valence-corrected chi connectivity index (χ3v) is 4.92. The lowest BCUT2D eigenvalue weighted by molar-refractivity contribution is -0.274. The van der Waals surface area contributed by atoms with Crippen LogP contribution in [0.3, 0.4) is 0 Å². The summed E-state index contributed by atoms with van der Waals surface area (Å²) in [5.41, 5.74) is 1.91. The maximum atomic E-state index is 12.3. The number of nitrogens with zero attached hydrogens (tertiary/aromatic N) is 3. The summed E-state index contributed by atoms with van der Waals surface area (Å²) in [6, 6.07) is 13.2. The molecule has 2 aromatic carbocycles. The fourth-order valence-electron chi connectivity index (χ4n) is 3.38. The lowest BCUT2D eigenvalue weighted by Crippen LogP contribution is -2.34. The third kappa shape index (κ3) is 6.03. The van der Waals surface area contributed by atoms with Gasteiger partial charge in [0.05, 0.1) is 5.69 Å². The highest BCUT2D eigenvalue weighted by Crippen LogP contribution is 2.41. The van der Waals surface area contributed by atoms with Crippen LogP contribution >= 0.6 is 0 Å². The molecule has 2 atom stereocenters. The van der Waals surface area contributed by atoms with Gasteiger partial charge in [0.2, 0.25) is 0 Å². The first-order chi connectivity index (χ1) is 15.5. The van der Waals surface area contributed by atoms with Crippen molar-refractivity contribution >= 4 is 6.09 Å². The molecule has 1 fully saturated rings. The largest absolute Gasteiger partial charge is 0.573 e. The Morgan fingerprint density at radius 1 is 1.06 bits per heavy atom. The minimum absolute atomic E-state index is 0.0485. The van der Waals surface area contributed by atoms with Gasteiger partial charge in [-0.15, -0.1) is 18.3 Å². The van der Waals surface area contributed by atoms with Gasteiger partial charge in [0.15, 0.2) is 5.82 Å². The summed E-state index contributed by atoms with van der Waals surface area (Å²) in [6.45, 7) is 5.47. The zero-order chi connectivity index (χ0) is 23.8. The van der Waals surface area contributed by atoms with Crippen LogP contribution in [0.2, 0.25) is 0 Å². The Balaban J connectivity index is 1.37. The number of amides is 1.